The number of hydrogen-bond acceptors (Lipinski definition) is 5. The molecule has 1 aromatic carbocycles. The zero-order valence-electron chi connectivity index (χ0n) is 15.8. The Balaban J connectivity index is 1.49. The van der Waals surface area contributed by atoms with E-state index in [9.17, 15) is 14.0 Å². The summed E-state index contributed by atoms with van der Waals surface area (Å²) in [6.45, 7) is 4.47. The molecule has 1 spiro atoms. The van der Waals surface area contributed by atoms with Crippen molar-refractivity contribution in [3.8, 4) is 0 Å². The highest BCUT2D eigenvalue weighted by Gasteiger charge is 2.44. The summed E-state index contributed by atoms with van der Waals surface area (Å²) in [5.41, 5.74) is 0.648. The molecule has 0 aliphatic carbocycles. The Morgan fingerprint density at radius 1 is 1.32 bits per heavy atom. The van der Waals surface area contributed by atoms with Crippen molar-refractivity contribution in [2.45, 2.75) is 31.8 Å². The number of hydrogen-bond donors (Lipinski definition) is 1. The number of carbonyl (C=O) groups is 2. The van der Waals surface area contributed by atoms with Crippen LogP contribution in [0.4, 0.5) is 4.39 Å². The topological polar surface area (TPSA) is 78.7 Å². The van der Waals surface area contributed by atoms with Gasteiger partial charge in [0.05, 0.1) is 5.54 Å². The van der Waals surface area contributed by atoms with Gasteiger partial charge in [-0.05, 0) is 31.0 Å². The first-order chi connectivity index (χ1) is 13.4. The second-order valence-corrected chi connectivity index (χ2v) is 7.72. The number of nitrogens with zero attached hydrogens (tertiary/aromatic N) is 3. The fraction of sp³-hybridized carbons (Fsp3) is 0.450. The Morgan fingerprint density at radius 2 is 2.18 bits per heavy atom. The first-order valence-corrected chi connectivity index (χ1v) is 9.43. The number of rotatable bonds is 3. The number of aryl methyl sites for hydroxylation is 1. The normalized spacial score (nSPS) is 23.1. The summed E-state index contributed by atoms with van der Waals surface area (Å²) in [6.07, 6.45) is 1.05. The number of aromatic nitrogens is 1. The summed E-state index contributed by atoms with van der Waals surface area (Å²) < 4.78 is 18.5. The van der Waals surface area contributed by atoms with Gasteiger partial charge in [-0.3, -0.25) is 14.5 Å². The summed E-state index contributed by atoms with van der Waals surface area (Å²) in [5, 5.41) is 6.94. The third-order valence-electron chi connectivity index (χ3n) is 5.37. The predicted molar refractivity (Wildman–Crippen MR) is 98.9 cm³/mol. The molecule has 2 amide bonds. The highest BCUT2D eigenvalue weighted by Crippen LogP contribution is 2.27. The molecule has 1 unspecified atom stereocenters. The molecule has 0 radical (unpaired) electrons. The van der Waals surface area contributed by atoms with E-state index >= 15 is 0 Å². The van der Waals surface area contributed by atoms with Gasteiger partial charge >= 0.3 is 0 Å². The fourth-order valence-corrected chi connectivity index (χ4v) is 4.10. The van der Waals surface area contributed by atoms with Crippen molar-refractivity contribution in [3.05, 3.63) is 53.2 Å². The lowest BCUT2D eigenvalue weighted by molar-refractivity contribution is -0.122. The van der Waals surface area contributed by atoms with Gasteiger partial charge in [0.25, 0.3) is 5.91 Å². The van der Waals surface area contributed by atoms with Crippen LogP contribution >= 0.6 is 0 Å². The number of amides is 2. The lowest BCUT2D eigenvalue weighted by Crippen LogP contribution is -2.55. The molecule has 2 fully saturated rings. The zero-order valence-corrected chi connectivity index (χ0v) is 15.8. The zero-order chi connectivity index (χ0) is 19.7. The minimum absolute atomic E-state index is 0.0201. The van der Waals surface area contributed by atoms with Crippen molar-refractivity contribution in [1.82, 2.24) is 20.3 Å². The lowest BCUT2D eigenvalue weighted by atomic mass is 9.98. The minimum atomic E-state index is -0.505. The van der Waals surface area contributed by atoms with Crippen LogP contribution in [0.3, 0.4) is 0 Å². The van der Waals surface area contributed by atoms with E-state index < -0.39 is 5.54 Å². The number of likely N-dealkylation sites (tertiary alicyclic amines) is 1. The molecule has 3 heterocycles. The Hall–Kier alpha value is -2.74. The average Bonchev–Trinajstić information content (AvgIpc) is 3.22. The molecule has 0 bridgehead atoms. The number of halogens is 1. The Labute approximate surface area is 162 Å². The Morgan fingerprint density at radius 3 is 2.93 bits per heavy atom. The summed E-state index contributed by atoms with van der Waals surface area (Å²) in [6, 6.07) is 8.13. The predicted octanol–water partition coefficient (Wildman–Crippen LogP) is 1.73. The highest BCUT2D eigenvalue weighted by atomic mass is 19.1. The number of benzene rings is 1. The fourth-order valence-electron chi connectivity index (χ4n) is 4.10. The van der Waals surface area contributed by atoms with Gasteiger partial charge in [-0.25, -0.2) is 4.39 Å². The van der Waals surface area contributed by atoms with Crippen LogP contribution < -0.4 is 5.32 Å². The molecule has 28 heavy (non-hydrogen) atoms. The molecule has 2 saturated heterocycles. The third kappa shape index (κ3) is 3.91. The van der Waals surface area contributed by atoms with Gasteiger partial charge < -0.3 is 14.7 Å². The Kier molecular flexibility index (Phi) is 4.89. The quantitative estimate of drug-likeness (QED) is 0.869. The van der Waals surface area contributed by atoms with Gasteiger partial charge in [-0.15, -0.1) is 0 Å². The molecule has 148 valence electrons. The van der Waals surface area contributed by atoms with Crippen molar-refractivity contribution in [2.24, 2.45) is 0 Å². The van der Waals surface area contributed by atoms with E-state index in [1.165, 1.54) is 12.1 Å². The standard InChI is InChI=1S/C20H23FN4O3/c1-14-9-17(23-28-14)19(27)25-8-6-20(13-25)12-24(7-5-18(26)22-20)11-15-3-2-4-16(21)10-15/h2-4,9-10H,5-8,11-13H2,1H3,(H,22,26). The Bertz CT molecular complexity index is 899. The van der Waals surface area contributed by atoms with Crippen molar-refractivity contribution in [1.29, 1.82) is 0 Å². The largest absolute Gasteiger partial charge is 0.361 e. The number of carbonyl (C=O) groups excluding carboxylic acids is 2. The summed E-state index contributed by atoms with van der Waals surface area (Å²) in [5.74, 6) is 0.107. The second-order valence-electron chi connectivity index (χ2n) is 7.72. The number of nitrogens with one attached hydrogen (secondary N) is 1. The summed E-state index contributed by atoms with van der Waals surface area (Å²) >= 11 is 0. The minimum Gasteiger partial charge on any atom is -0.361 e. The van der Waals surface area contributed by atoms with Crippen LogP contribution in [0, 0.1) is 12.7 Å². The molecule has 1 N–H and O–H groups in total. The van der Waals surface area contributed by atoms with Crippen LogP contribution in [-0.4, -0.2) is 58.5 Å². The first kappa shape index (κ1) is 18.6. The molecule has 8 heteroatoms. The maximum atomic E-state index is 13.5. The van der Waals surface area contributed by atoms with E-state index in [1.54, 1.807) is 24.0 Å². The van der Waals surface area contributed by atoms with Crippen molar-refractivity contribution >= 4 is 11.8 Å². The van der Waals surface area contributed by atoms with E-state index in [0.717, 1.165) is 5.56 Å². The van der Waals surface area contributed by atoms with E-state index in [4.69, 9.17) is 4.52 Å². The van der Waals surface area contributed by atoms with Crippen LogP contribution in [0.15, 0.2) is 34.9 Å². The molecule has 2 aliphatic rings. The molecule has 1 aromatic heterocycles. The third-order valence-corrected chi connectivity index (χ3v) is 5.37. The lowest BCUT2D eigenvalue weighted by Gasteiger charge is -2.33. The molecule has 1 atom stereocenters. The highest BCUT2D eigenvalue weighted by molar-refractivity contribution is 5.92. The van der Waals surface area contributed by atoms with E-state index in [1.807, 2.05) is 6.07 Å². The maximum absolute atomic E-state index is 13.5. The van der Waals surface area contributed by atoms with Gasteiger partial charge in [-0.2, -0.15) is 0 Å². The van der Waals surface area contributed by atoms with E-state index in [0.29, 0.717) is 51.3 Å². The molecule has 2 aliphatic heterocycles. The molecule has 4 rings (SSSR count). The summed E-state index contributed by atoms with van der Waals surface area (Å²) in [7, 11) is 0. The monoisotopic (exact) mass is 386 g/mol. The smallest absolute Gasteiger partial charge is 0.276 e. The molecule has 7 nitrogen and oxygen atoms in total. The van der Waals surface area contributed by atoms with Crippen LogP contribution in [0.25, 0.3) is 0 Å². The van der Waals surface area contributed by atoms with Gasteiger partial charge in [0.1, 0.15) is 11.6 Å². The van der Waals surface area contributed by atoms with Crippen molar-refractivity contribution < 1.29 is 18.5 Å². The van der Waals surface area contributed by atoms with Gasteiger partial charge in [0.15, 0.2) is 5.69 Å². The van der Waals surface area contributed by atoms with E-state index in [-0.39, 0.29) is 23.3 Å². The van der Waals surface area contributed by atoms with E-state index in [2.05, 4.69) is 15.4 Å². The molecule has 0 saturated carbocycles. The van der Waals surface area contributed by atoms with Crippen LogP contribution in [0.2, 0.25) is 0 Å². The molecular weight excluding hydrogens is 363 g/mol. The van der Waals surface area contributed by atoms with Crippen LogP contribution in [0.5, 0.6) is 0 Å². The van der Waals surface area contributed by atoms with Crippen LogP contribution in [0.1, 0.15) is 34.7 Å². The first-order valence-electron chi connectivity index (χ1n) is 9.43. The molecule has 2 aromatic rings. The van der Waals surface area contributed by atoms with Gasteiger partial charge in [0.2, 0.25) is 5.91 Å². The average molecular weight is 386 g/mol. The van der Waals surface area contributed by atoms with Gasteiger partial charge in [-0.1, -0.05) is 17.3 Å². The SMILES string of the molecule is Cc1cc(C(=O)N2CCC3(CN(Cc4cccc(F)c4)CCC(=O)N3)C2)no1. The summed E-state index contributed by atoms with van der Waals surface area (Å²) in [4.78, 5) is 28.9. The van der Waals surface area contributed by atoms with Crippen molar-refractivity contribution in [3.63, 3.8) is 0 Å². The maximum Gasteiger partial charge on any atom is 0.276 e. The second kappa shape index (κ2) is 7.35. The molecular formula is C20H23FN4O3. The van der Waals surface area contributed by atoms with Gasteiger partial charge in [0, 0.05) is 45.2 Å². The van der Waals surface area contributed by atoms with Crippen LogP contribution in [-0.2, 0) is 11.3 Å². The van der Waals surface area contributed by atoms with Crippen molar-refractivity contribution in [2.75, 3.05) is 26.2 Å².